The van der Waals surface area contributed by atoms with Crippen LogP contribution in [0.3, 0.4) is 0 Å². The van der Waals surface area contributed by atoms with Crippen LogP contribution >= 0.6 is 11.6 Å². The molecule has 0 aliphatic heterocycles. The first-order valence-corrected chi connectivity index (χ1v) is 7.36. The van der Waals surface area contributed by atoms with Crippen molar-refractivity contribution in [3.63, 3.8) is 0 Å². The summed E-state index contributed by atoms with van der Waals surface area (Å²) in [6.07, 6.45) is 3.19. The van der Waals surface area contributed by atoms with E-state index < -0.39 is 9.84 Å². The fraction of sp³-hybridized carbons (Fsp3) is 0.167. The molecule has 1 aromatic carbocycles. The number of sulfone groups is 1. The Kier molecular flexibility index (Phi) is 3.63. The first-order chi connectivity index (χ1) is 8.53. The lowest BCUT2D eigenvalue weighted by Crippen LogP contribution is -2.03. The van der Waals surface area contributed by atoms with Crippen LogP contribution < -0.4 is 0 Å². The van der Waals surface area contributed by atoms with Gasteiger partial charge in [-0.05, 0) is 29.3 Å². The van der Waals surface area contributed by atoms with Crippen molar-refractivity contribution >= 4 is 21.4 Å². The van der Waals surface area contributed by atoms with Gasteiger partial charge in [0.15, 0.2) is 9.84 Å². The second-order valence-corrected chi connectivity index (χ2v) is 6.28. The lowest BCUT2D eigenvalue weighted by molar-refractivity contribution is 0.597. The average molecular weight is 283 g/mol. The van der Waals surface area contributed by atoms with Crippen LogP contribution in [-0.2, 0) is 9.84 Å². The highest BCUT2D eigenvalue weighted by Gasteiger charge is 2.11. The monoisotopic (exact) mass is 282 g/mol. The molecule has 0 bridgehead atoms. The van der Waals surface area contributed by atoms with Crippen molar-refractivity contribution < 1.29 is 8.42 Å². The largest absolute Gasteiger partial charge is 0.226 e. The van der Waals surface area contributed by atoms with E-state index in [0.29, 0.717) is 4.90 Å². The third kappa shape index (κ3) is 2.68. The Labute approximate surface area is 111 Å². The lowest BCUT2D eigenvalue weighted by atomic mass is 10.1. The second-order valence-electron chi connectivity index (χ2n) is 3.67. The molecule has 0 radical (unpaired) electrons. The van der Waals surface area contributed by atoms with Crippen molar-refractivity contribution in [2.45, 2.75) is 11.8 Å². The van der Waals surface area contributed by atoms with Gasteiger partial charge in [0.25, 0.3) is 0 Å². The van der Waals surface area contributed by atoms with E-state index in [4.69, 9.17) is 11.6 Å². The van der Waals surface area contributed by atoms with Crippen LogP contribution in [-0.4, -0.2) is 24.1 Å². The van der Waals surface area contributed by atoms with E-state index in [9.17, 15) is 8.42 Å². The average Bonchev–Trinajstić information content (AvgIpc) is 2.40. The normalized spacial score (nSPS) is 11.4. The number of aromatic nitrogens is 2. The summed E-state index contributed by atoms with van der Waals surface area (Å²) in [6.45, 7) is 1.62. The summed E-state index contributed by atoms with van der Waals surface area (Å²) in [5.41, 5.74) is 1.64. The molecule has 0 atom stereocenters. The van der Waals surface area contributed by atoms with Gasteiger partial charge in [0.05, 0.1) is 10.6 Å². The van der Waals surface area contributed by atoms with E-state index in [0.717, 1.165) is 11.1 Å². The maximum absolute atomic E-state index is 11.7. The topological polar surface area (TPSA) is 59.9 Å². The fourth-order valence-electron chi connectivity index (χ4n) is 1.48. The molecule has 0 amide bonds. The molecule has 0 saturated heterocycles. The molecule has 4 nitrogen and oxygen atoms in total. The molecule has 0 N–H and O–H groups in total. The van der Waals surface area contributed by atoms with E-state index in [2.05, 4.69) is 9.97 Å². The summed E-state index contributed by atoms with van der Waals surface area (Å²) in [5, 5.41) is 0.184. The molecule has 1 aromatic heterocycles. The number of rotatable bonds is 3. The molecule has 94 valence electrons. The van der Waals surface area contributed by atoms with Gasteiger partial charge in [0.2, 0.25) is 5.28 Å². The van der Waals surface area contributed by atoms with E-state index in [1.54, 1.807) is 43.6 Å². The Balaban J connectivity index is 2.36. The first kappa shape index (κ1) is 13.0. The fourth-order valence-corrected chi connectivity index (χ4v) is 2.46. The molecule has 2 aromatic rings. The van der Waals surface area contributed by atoms with Gasteiger partial charge in [-0.2, -0.15) is 0 Å². The number of hydrogen-bond acceptors (Lipinski definition) is 4. The van der Waals surface area contributed by atoms with Crippen molar-refractivity contribution in [3.8, 4) is 11.1 Å². The van der Waals surface area contributed by atoms with Gasteiger partial charge in [0, 0.05) is 18.0 Å². The smallest absolute Gasteiger partial charge is 0.222 e. The maximum atomic E-state index is 11.7. The van der Waals surface area contributed by atoms with Gasteiger partial charge < -0.3 is 0 Å². The minimum absolute atomic E-state index is 0.0937. The zero-order chi connectivity index (χ0) is 13.2. The molecule has 1 heterocycles. The highest BCUT2D eigenvalue weighted by atomic mass is 35.5. The summed E-state index contributed by atoms with van der Waals surface area (Å²) in [5.74, 6) is 0.0937. The quantitative estimate of drug-likeness (QED) is 0.812. The van der Waals surface area contributed by atoms with Crippen molar-refractivity contribution in [2.24, 2.45) is 0 Å². The summed E-state index contributed by atoms with van der Waals surface area (Å²) in [6, 6.07) is 6.63. The van der Waals surface area contributed by atoms with Crippen molar-refractivity contribution in [1.29, 1.82) is 0 Å². The van der Waals surface area contributed by atoms with Crippen molar-refractivity contribution in [3.05, 3.63) is 41.9 Å². The molecule has 18 heavy (non-hydrogen) atoms. The van der Waals surface area contributed by atoms with Crippen LogP contribution in [0.5, 0.6) is 0 Å². The molecular weight excluding hydrogens is 272 g/mol. The molecule has 0 spiro atoms. The van der Waals surface area contributed by atoms with Crippen molar-refractivity contribution in [2.75, 3.05) is 5.75 Å². The molecule has 0 aliphatic carbocycles. The minimum Gasteiger partial charge on any atom is -0.226 e. The van der Waals surface area contributed by atoms with Crippen LogP contribution in [0.4, 0.5) is 0 Å². The van der Waals surface area contributed by atoms with Crippen LogP contribution in [0.1, 0.15) is 6.92 Å². The maximum Gasteiger partial charge on any atom is 0.222 e. The Morgan fingerprint density at radius 3 is 2.11 bits per heavy atom. The van der Waals surface area contributed by atoms with Crippen LogP contribution in [0.25, 0.3) is 11.1 Å². The van der Waals surface area contributed by atoms with Crippen LogP contribution in [0.2, 0.25) is 5.28 Å². The molecule has 0 unspecified atom stereocenters. The summed E-state index contributed by atoms with van der Waals surface area (Å²) >= 11 is 5.60. The zero-order valence-corrected chi connectivity index (χ0v) is 11.2. The number of benzene rings is 1. The van der Waals surface area contributed by atoms with Gasteiger partial charge >= 0.3 is 0 Å². The highest BCUT2D eigenvalue weighted by molar-refractivity contribution is 7.91. The predicted octanol–water partition coefficient (Wildman–Crippen LogP) is 2.59. The van der Waals surface area contributed by atoms with Gasteiger partial charge in [-0.15, -0.1) is 0 Å². The van der Waals surface area contributed by atoms with E-state index >= 15 is 0 Å². The van der Waals surface area contributed by atoms with Gasteiger partial charge in [-0.3, -0.25) is 0 Å². The molecule has 6 heteroatoms. The summed E-state index contributed by atoms with van der Waals surface area (Å²) in [7, 11) is -3.16. The Morgan fingerprint density at radius 2 is 1.61 bits per heavy atom. The molecule has 0 fully saturated rings. The third-order valence-electron chi connectivity index (χ3n) is 2.55. The van der Waals surface area contributed by atoms with Gasteiger partial charge in [-0.25, -0.2) is 18.4 Å². The van der Waals surface area contributed by atoms with Crippen LogP contribution in [0, 0.1) is 0 Å². The number of hydrogen-bond donors (Lipinski definition) is 0. The molecule has 0 saturated carbocycles. The molecule has 2 rings (SSSR count). The Morgan fingerprint density at radius 1 is 1.06 bits per heavy atom. The highest BCUT2D eigenvalue weighted by Crippen LogP contribution is 2.21. The van der Waals surface area contributed by atoms with Crippen LogP contribution in [0.15, 0.2) is 41.6 Å². The SMILES string of the molecule is CCS(=O)(=O)c1ccc(-c2cnc(Cl)nc2)cc1. The van der Waals surface area contributed by atoms with Crippen molar-refractivity contribution in [1.82, 2.24) is 9.97 Å². The molecular formula is C12H11ClN2O2S. The van der Waals surface area contributed by atoms with Gasteiger partial charge in [-0.1, -0.05) is 19.1 Å². The Hall–Kier alpha value is -1.46. The summed E-state index contributed by atoms with van der Waals surface area (Å²) < 4.78 is 23.3. The first-order valence-electron chi connectivity index (χ1n) is 5.33. The standard InChI is InChI=1S/C12H11ClN2O2S/c1-2-18(16,17)11-5-3-9(4-6-11)10-7-14-12(13)15-8-10/h3-8H,2H2,1H3. The number of nitrogens with zero attached hydrogens (tertiary/aromatic N) is 2. The molecule has 0 aliphatic rings. The van der Waals surface area contributed by atoms with E-state index in [1.807, 2.05) is 0 Å². The second kappa shape index (κ2) is 5.04. The summed E-state index contributed by atoms with van der Waals surface area (Å²) in [4.78, 5) is 8.08. The lowest BCUT2D eigenvalue weighted by Gasteiger charge is -2.04. The third-order valence-corrected chi connectivity index (χ3v) is 4.49. The predicted molar refractivity (Wildman–Crippen MR) is 70.2 cm³/mol. The zero-order valence-electron chi connectivity index (χ0n) is 9.67. The number of halogens is 1. The van der Waals surface area contributed by atoms with Gasteiger partial charge in [0.1, 0.15) is 0 Å². The minimum atomic E-state index is -3.16. The Bertz CT molecular complexity index is 637. The van der Waals surface area contributed by atoms with E-state index in [1.165, 1.54) is 0 Å². The van der Waals surface area contributed by atoms with E-state index in [-0.39, 0.29) is 11.0 Å².